The Bertz CT molecular complexity index is 1180. The topological polar surface area (TPSA) is 86.1 Å². The first-order valence-corrected chi connectivity index (χ1v) is 10.00. The summed E-state index contributed by atoms with van der Waals surface area (Å²) in [4.78, 5) is 34.0. The van der Waals surface area contributed by atoms with E-state index in [9.17, 15) is 18.4 Å². The summed E-state index contributed by atoms with van der Waals surface area (Å²) in [5.41, 5.74) is 0.338. The number of halogens is 2. The van der Waals surface area contributed by atoms with Crippen molar-refractivity contribution in [3.63, 3.8) is 0 Å². The zero-order chi connectivity index (χ0) is 21.6. The van der Waals surface area contributed by atoms with Crippen molar-refractivity contribution in [2.45, 2.75) is 37.7 Å². The van der Waals surface area contributed by atoms with Crippen molar-refractivity contribution in [1.82, 2.24) is 14.5 Å². The molecule has 1 aliphatic heterocycles. The monoisotopic (exact) mass is 424 g/mol. The third-order valence-electron chi connectivity index (χ3n) is 5.75. The number of hydrogen-bond acceptors (Lipinski definition) is 5. The Balaban J connectivity index is 1.43. The molecule has 0 bridgehead atoms. The fraction of sp³-hybridized carbons (Fsp3) is 0.273. The number of anilines is 1. The number of nitrogens with one attached hydrogen (secondary N) is 1. The molecule has 1 fully saturated rings. The average Bonchev–Trinajstić information content (AvgIpc) is 3.31. The maximum atomic E-state index is 13.5. The fourth-order valence-corrected chi connectivity index (χ4v) is 4.34. The standard InChI is InChI=1S/C22H18F2N4O3/c23-13-8-14(24)10-15(9-13)28-11-17(26-12-28)27-20(29)16-4-7-25-19-18(16)21(30)31-22(19)5-2-1-3-6-22/h4,7-12H,1-3,5-6H2,(H,27,29). The molecule has 5 rings (SSSR count). The second-order valence-electron chi connectivity index (χ2n) is 7.77. The largest absolute Gasteiger partial charge is 0.449 e. The molecule has 7 nitrogen and oxygen atoms in total. The van der Waals surface area contributed by atoms with Gasteiger partial charge in [-0.3, -0.25) is 9.78 Å². The molecule has 1 N–H and O–H groups in total. The van der Waals surface area contributed by atoms with Crippen LogP contribution < -0.4 is 5.32 Å². The lowest BCUT2D eigenvalue weighted by Crippen LogP contribution is -2.29. The molecular weight excluding hydrogens is 406 g/mol. The predicted molar refractivity (Wildman–Crippen MR) is 106 cm³/mol. The van der Waals surface area contributed by atoms with E-state index in [1.54, 1.807) is 0 Å². The molecule has 1 aromatic carbocycles. The summed E-state index contributed by atoms with van der Waals surface area (Å²) >= 11 is 0. The van der Waals surface area contributed by atoms with Crippen molar-refractivity contribution in [2.24, 2.45) is 0 Å². The van der Waals surface area contributed by atoms with Crippen LogP contribution in [0.2, 0.25) is 0 Å². The van der Waals surface area contributed by atoms with E-state index >= 15 is 0 Å². The van der Waals surface area contributed by atoms with Crippen molar-refractivity contribution >= 4 is 17.7 Å². The van der Waals surface area contributed by atoms with Crippen LogP contribution in [-0.4, -0.2) is 26.4 Å². The summed E-state index contributed by atoms with van der Waals surface area (Å²) in [7, 11) is 0. The maximum Gasteiger partial charge on any atom is 0.341 e. The highest BCUT2D eigenvalue weighted by molar-refractivity contribution is 6.12. The van der Waals surface area contributed by atoms with Gasteiger partial charge in [0.25, 0.3) is 5.91 Å². The highest BCUT2D eigenvalue weighted by Crippen LogP contribution is 2.46. The first-order chi connectivity index (χ1) is 14.9. The number of ether oxygens (including phenoxy) is 1. The third kappa shape index (κ3) is 3.35. The number of aromatic nitrogens is 3. The quantitative estimate of drug-likeness (QED) is 0.639. The zero-order valence-corrected chi connectivity index (χ0v) is 16.4. The zero-order valence-electron chi connectivity index (χ0n) is 16.4. The lowest BCUT2D eigenvalue weighted by molar-refractivity contribution is -0.0299. The smallest absolute Gasteiger partial charge is 0.341 e. The molecule has 31 heavy (non-hydrogen) atoms. The summed E-state index contributed by atoms with van der Waals surface area (Å²) in [5.74, 6) is -2.37. The number of pyridine rings is 1. The maximum absolute atomic E-state index is 13.5. The molecule has 0 saturated heterocycles. The molecule has 1 aliphatic carbocycles. The van der Waals surface area contributed by atoms with Crippen LogP contribution >= 0.6 is 0 Å². The van der Waals surface area contributed by atoms with Crippen LogP contribution in [0.25, 0.3) is 5.69 Å². The molecule has 0 unspecified atom stereocenters. The summed E-state index contributed by atoms with van der Waals surface area (Å²) in [5, 5.41) is 2.63. The molecule has 3 aromatic rings. The van der Waals surface area contributed by atoms with Crippen LogP contribution in [0.1, 0.15) is 58.5 Å². The van der Waals surface area contributed by atoms with Crippen molar-refractivity contribution in [3.8, 4) is 5.69 Å². The number of amides is 1. The lowest BCUT2D eigenvalue weighted by atomic mass is 9.81. The normalized spacial score (nSPS) is 16.8. The van der Waals surface area contributed by atoms with Crippen LogP contribution in [0.4, 0.5) is 14.6 Å². The second kappa shape index (κ2) is 7.26. The molecule has 3 heterocycles. The number of hydrogen-bond donors (Lipinski definition) is 1. The van der Waals surface area contributed by atoms with Gasteiger partial charge >= 0.3 is 5.97 Å². The SMILES string of the molecule is O=C(Nc1cn(-c2cc(F)cc(F)c2)cn1)c1ccnc2c1C(=O)OC21CCCCC1. The third-order valence-corrected chi connectivity index (χ3v) is 5.75. The van der Waals surface area contributed by atoms with Crippen LogP contribution in [0.3, 0.4) is 0 Å². The fourth-order valence-electron chi connectivity index (χ4n) is 4.34. The highest BCUT2D eigenvalue weighted by Gasteiger charge is 2.49. The lowest BCUT2D eigenvalue weighted by Gasteiger charge is -2.31. The van der Waals surface area contributed by atoms with Gasteiger partial charge in [0.15, 0.2) is 11.4 Å². The molecular formula is C22H18F2N4O3. The number of carbonyl (C=O) groups excluding carboxylic acids is 2. The summed E-state index contributed by atoms with van der Waals surface area (Å²) in [6, 6.07) is 4.53. The van der Waals surface area contributed by atoms with E-state index in [1.165, 1.54) is 29.4 Å². The van der Waals surface area contributed by atoms with Gasteiger partial charge in [-0.05, 0) is 43.9 Å². The Morgan fingerprint density at radius 1 is 1.10 bits per heavy atom. The molecule has 2 aliphatic rings. The van der Waals surface area contributed by atoms with Crippen LogP contribution in [0, 0.1) is 11.6 Å². The van der Waals surface area contributed by atoms with Gasteiger partial charge in [-0.15, -0.1) is 0 Å². The molecule has 158 valence electrons. The Morgan fingerprint density at radius 2 is 1.84 bits per heavy atom. The Labute approximate surface area is 176 Å². The number of esters is 1. The van der Waals surface area contributed by atoms with E-state index in [1.807, 2.05) is 0 Å². The van der Waals surface area contributed by atoms with Crippen molar-refractivity contribution in [1.29, 1.82) is 0 Å². The highest BCUT2D eigenvalue weighted by atomic mass is 19.1. The molecule has 0 radical (unpaired) electrons. The minimum Gasteiger partial charge on any atom is -0.449 e. The van der Waals surface area contributed by atoms with Crippen molar-refractivity contribution in [3.05, 3.63) is 71.4 Å². The van der Waals surface area contributed by atoms with E-state index in [0.29, 0.717) is 18.5 Å². The van der Waals surface area contributed by atoms with E-state index in [-0.39, 0.29) is 22.6 Å². The second-order valence-corrected chi connectivity index (χ2v) is 7.77. The molecule has 0 atom stereocenters. The Hall–Kier alpha value is -3.62. The Kier molecular flexibility index (Phi) is 4.53. The summed E-state index contributed by atoms with van der Waals surface area (Å²) in [6.07, 6.45) is 8.58. The number of carbonyl (C=O) groups is 2. The first kappa shape index (κ1) is 19.3. The van der Waals surface area contributed by atoms with Crippen LogP contribution in [0.5, 0.6) is 0 Å². The van der Waals surface area contributed by atoms with Crippen LogP contribution in [-0.2, 0) is 10.3 Å². The number of rotatable bonds is 3. The minimum absolute atomic E-state index is 0.156. The van der Waals surface area contributed by atoms with E-state index in [2.05, 4.69) is 15.3 Å². The first-order valence-electron chi connectivity index (χ1n) is 10.00. The van der Waals surface area contributed by atoms with Gasteiger partial charge < -0.3 is 14.6 Å². The molecule has 2 aromatic heterocycles. The van der Waals surface area contributed by atoms with Crippen molar-refractivity contribution < 1.29 is 23.1 Å². The van der Waals surface area contributed by atoms with Gasteiger partial charge in [-0.25, -0.2) is 18.6 Å². The minimum atomic E-state index is -0.746. The molecule has 9 heteroatoms. The van der Waals surface area contributed by atoms with Gasteiger partial charge in [-0.1, -0.05) is 6.42 Å². The predicted octanol–water partition coefficient (Wildman–Crippen LogP) is 4.13. The van der Waals surface area contributed by atoms with Gasteiger partial charge in [0.05, 0.1) is 28.7 Å². The van der Waals surface area contributed by atoms with Crippen LogP contribution in [0.15, 0.2) is 43.0 Å². The summed E-state index contributed by atoms with van der Waals surface area (Å²) in [6.45, 7) is 0. The molecule has 1 spiro atoms. The van der Waals surface area contributed by atoms with Gasteiger partial charge in [-0.2, -0.15) is 0 Å². The van der Waals surface area contributed by atoms with Crippen molar-refractivity contribution in [2.75, 3.05) is 5.32 Å². The number of fused-ring (bicyclic) bond motifs is 2. The van der Waals surface area contributed by atoms with Gasteiger partial charge in [0.2, 0.25) is 0 Å². The molecule has 1 saturated carbocycles. The number of nitrogens with zero attached hydrogens (tertiary/aromatic N) is 3. The van der Waals surface area contributed by atoms with E-state index in [0.717, 1.165) is 37.5 Å². The van der Waals surface area contributed by atoms with E-state index < -0.39 is 29.1 Å². The summed E-state index contributed by atoms with van der Waals surface area (Å²) < 4.78 is 34.0. The van der Waals surface area contributed by atoms with E-state index in [4.69, 9.17) is 4.74 Å². The molecule has 1 amide bonds. The average molecular weight is 424 g/mol. The Morgan fingerprint density at radius 3 is 2.58 bits per heavy atom. The number of imidazole rings is 1. The van der Waals surface area contributed by atoms with Gasteiger partial charge in [0, 0.05) is 12.3 Å². The van der Waals surface area contributed by atoms with Gasteiger partial charge in [0.1, 0.15) is 18.0 Å². The number of benzene rings is 1.